The van der Waals surface area contributed by atoms with Crippen LogP contribution in [0.1, 0.15) is 31.0 Å². The molecule has 1 aliphatic heterocycles. The van der Waals surface area contributed by atoms with Gasteiger partial charge in [-0.1, -0.05) is 77.4 Å². The van der Waals surface area contributed by atoms with Crippen molar-refractivity contribution in [1.29, 1.82) is 0 Å². The van der Waals surface area contributed by atoms with Crippen molar-refractivity contribution in [2.75, 3.05) is 13.2 Å². The quantitative estimate of drug-likeness (QED) is 0.263. The van der Waals surface area contributed by atoms with E-state index in [2.05, 4.69) is 10.9 Å². The number of fused-ring (bicyclic) bond motifs is 2. The molecule has 0 radical (unpaired) electrons. The Kier molecular flexibility index (Phi) is 7.19. The van der Waals surface area contributed by atoms with E-state index >= 15 is 0 Å². The summed E-state index contributed by atoms with van der Waals surface area (Å²) in [6.45, 7) is 3.76. The zero-order valence-electron chi connectivity index (χ0n) is 20.7. The fourth-order valence-electron chi connectivity index (χ4n) is 4.58. The van der Waals surface area contributed by atoms with Crippen LogP contribution < -0.4 is 19.6 Å². The Bertz CT molecular complexity index is 1830. The van der Waals surface area contributed by atoms with Crippen molar-refractivity contribution in [1.82, 2.24) is 4.57 Å². The largest absolute Gasteiger partial charge is 0.480 e. The molecule has 1 atom stereocenters. The third-order valence-electron chi connectivity index (χ3n) is 6.23. The zero-order chi connectivity index (χ0) is 26.8. The van der Waals surface area contributed by atoms with Gasteiger partial charge < -0.3 is 9.47 Å². The Hall–Kier alpha value is -4.12. The van der Waals surface area contributed by atoms with Crippen molar-refractivity contribution < 1.29 is 14.3 Å². The van der Waals surface area contributed by atoms with Gasteiger partial charge >= 0.3 is 5.97 Å². The van der Waals surface area contributed by atoms with Gasteiger partial charge in [0.25, 0.3) is 5.56 Å². The van der Waals surface area contributed by atoms with Crippen LogP contribution in [0.3, 0.4) is 0 Å². The maximum atomic E-state index is 14.0. The molecule has 0 saturated heterocycles. The first-order valence-corrected chi connectivity index (χ1v) is 13.2. The average Bonchev–Trinajstić information content (AvgIpc) is 3.22. The van der Waals surface area contributed by atoms with Crippen LogP contribution in [0, 0.1) is 12.3 Å². The van der Waals surface area contributed by atoms with Gasteiger partial charge in [-0.15, -0.1) is 6.42 Å². The summed E-state index contributed by atoms with van der Waals surface area (Å²) >= 11 is 7.82. The average molecular weight is 543 g/mol. The number of esters is 1. The molecule has 0 saturated carbocycles. The van der Waals surface area contributed by atoms with Gasteiger partial charge in [-0.3, -0.25) is 9.36 Å². The van der Waals surface area contributed by atoms with E-state index in [1.54, 1.807) is 38.1 Å². The maximum absolute atomic E-state index is 14.0. The van der Waals surface area contributed by atoms with Gasteiger partial charge in [0.2, 0.25) is 0 Å². The highest BCUT2D eigenvalue weighted by molar-refractivity contribution is 7.07. The summed E-state index contributed by atoms with van der Waals surface area (Å²) < 4.78 is 13.1. The Balaban J connectivity index is 1.79. The highest BCUT2D eigenvalue weighted by Crippen LogP contribution is 2.34. The molecular formula is C30H23ClN2O4S. The zero-order valence-corrected chi connectivity index (χ0v) is 22.3. The molecule has 2 heterocycles. The molecule has 38 heavy (non-hydrogen) atoms. The number of nitrogens with zero attached hydrogens (tertiary/aromatic N) is 2. The Morgan fingerprint density at radius 1 is 1.18 bits per heavy atom. The molecular weight excluding hydrogens is 520 g/mol. The lowest BCUT2D eigenvalue weighted by molar-refractivity contribution is -0.139. The number of ether oxygens (including phenoxy) is 2. The number of aromatic nitrogens is 1. The molecule has 1 aromatic heterocycles. The first-order valence-electron chi connectivity index (χ1n) is 12.0. The van der Waals surface area contributed by atoms with E-state index in [4.69, 9.17) is 27.5 Å². The number of terminal acetylenes is 1. The molecule has 1 aliphatic rings. The van der Waals surface area contributed by atoms with Crippen molar-refractivity contribution in [2.24, 2.45) is 4.99 Å². The molecule has 0 amide bonds. The van der Waals surface area contributed by atoms with Crippen molar-refractivity contribution in [3.63, 3.8) is 0 Å². The smallest absolute Gasteiger partial charge is 0.338 e. The van der Waals surface area contributed by atoms with Gasteiger partial charge in [0.1, 0.15) is 18.4 Å². The molecule has 8 heteroatoms. The van der Waals surface area contributed by atoms with Crippen molar-refractivity contribution in [3.8, 4) is 18.1 Å². The summed E-state index contributed by atoms with van der Waals surface area (Å²) in [6.07, 6.45) is 7.23. The molecule has 4 aromatic rings. The lowest BCUT2D eigenvalue weighted by Crippen LogP contribution is -2.40. The molecule has 0 N–H and O–H groups in total. The second-order valence-electron chi connectivity index (χ2n) is 8.52. The molecule has 0 aliphatic carbocycles. The number of halogens is 1. The molecule has 5 rings (SSSR count). The fourth-order valence-corrected chi connectivity index (χ4v) is 5.85. The third kappa shape index (κ3) is 4.53. The SMILES string of the molecule is C#CCOc1ccc2ccccc2c1/C=c1\sc2n(c1=O)[C@@H](c1ccccc1Cl)C(C(=O)OCC)=C(C)N=2. The molecule has 190 valence electrons. The van der Waals surface area contributed by atoms with E-state index in [1.165, 1.54) is 15.9 Å². The van der Waals surface area contributed by atoms with Gasteiger partial charge in [0.15, 0.2) is 4.80 Å². The van der Waals surface area contributed by atoms with Gasteiger partial charge in [-0.05, 0) is 48.4 Å². The second-order valence-corrected chi connectivity index (χ2v) is 9.93. The lowest BCUT2D eigenvalue weighted by Gasteiger charge is -2.25. The van der Waals surface area contributed by atoms with Crippen LogP contribution in [-0.4, -0.2) is 23.8 Å². The number of benzene rings is 3. The van der Waals surface area contributed by atoms with E-state index in [9.17, 15) is 9.59 Å². The normalized spacial score (nSPS) is 15.1. The molecule has 0 fully saturated rings. The van der Waals surface area contributed by atoms with E-state index in [-0.39, 0.29) is 24.3 Å². The molecule has 0 bridgehead atoms. The minimum absolute atomic E-state index is 0.0923. The topological polar surface area (TPSA) is 69.9 Å². The number of hydrogen-bond donors (Lipinski definition) is 0. The molecule has 6 nitrogen and oxygen atoms in total. The molecule has 0 spiro atoms. The first-order chi connectivity index (χ1) is 18.4. The van der Waals surface area contributed by atoms with Gasteiger partial charge in [0.05, 0.1) is 22.4 Å². The summed E-state index contributed by atoms with van der Waals surface area (Å²) in [5, 5.41) is 2.34. The number of carbonyl (C=O) groups excluding carboxylic acids is 1. The van der Waals surface area contributed by atoms with Crippen LogP contribution in [0.4, 0.5) is 0 Å². The molecule has 3 aromatic carbocycles. The van der Waals surface area contributed by atoms with Gasteiger partial charge in [0, 0.05) is 10.6 Å². The Labute approximate surface area is 228 Å². The van der Waals surface area contributed by atoms with E-state index in [0.29, 0.717) is 31.4 Å². The van der Waals surface area contributed by atoms with Crippen LogP contribution in [0.5, 0.6) is 5.75 Å². The standard InChI is InChI=1S/C30H23ClN2O4S/c1-4-16-37-24-15-14-19-10-6-7-11-20(19)22(24)17-25-28(34)33-27(21-12-8-9-13-23(21)31)26(29(35)36-5-2)18(3)32-30(33)38-25/h1,6-15,17,27H,5,16H2,2-3H3/b25-17-/t27-/m0/s1. The minimum atomic E-state index is -0.786. The highest BCUT2D eigenvalue weighted by atomic mass is 35.5. The predicted octanol–water partition coefficient (Wildman–Crippen LogP) is 4.62. The van der Waals surface area contributed by atoms with E-state index in [0.717, 1.165) is 16.3 Å². The maximum Gasteiger partial charge on any atom is 0.338 e. The van der Waals surface area contributed by atoms with Crippen molar-refractivity contribution in [2.45, 2.75) is 19.9 Å². The Morgan fingerprint density at radius 3 is 2.71 bits per heavy atom. The number of rotatable bonds is 6. The van der Waals surface area contributed by atoms with Crippen molar-refractivity contribution >= 4 is 45.8 Å². The van der Waals surface area contributed by atoms with Crippen LogP contribution in [0.2, 0.25) is 5.02 Å². The highest BCUT2D eigenvalue weighted by Gasteiger charge is 2.34. The number of hydrogen-bond acceptors (Lipinski definition) is 6. The summed E-state index contributed by atoms with van der Waals surface area (Å²) in [5.41, 5.74) is 1.80. The van der Waals surface area contributed by atoms with Gasteiger partial charge in [-0.25, -0.2) is 9.79 Å². The van der Waals surface area contributed by atoms with E-state index in [1.807, 2.05) is 42.5 Å². The number of carbonyl (C=O) groups is 1. The number of allylic oxidation sites excluding steroid dienone is 1. The van der Waals surface area contributed by atoms with Crippen LogP contribution in [0.15, 0.2) is 81.7 Å². The second kappa shape index (κ2) is 10.7. The number of thiazole rings is 1. The molecule has 0 unspecified atom stereocenters. The summed E-state index contributed by atoms with van der Waals surface area (Å²) in [7, 11) is 0. The first kappa shape index (κ1) is 25.5. The van der Waals surface area contributed by atoms with Crippen LogP contribution >= 0.6 is 22.9 Å². The minimum Gasteiger partial charge on any atom is -0.480 e. The summed E-state index contributed by atoms with van der Waals surface area (Å²) in [5.74, 6) is 2.52. The van der Waals surface area contributed by atoms with Crippen LogP contribution in [-0.2, 0) is 9.53 Å². The fraction of sp³-hybridized carbons (Fsp3) is 0.167. The third-order valence-corrected chi connectivity index (χ3v) is 7.56. The van der Waals surface area contributed by atoms with Gasteiger partial charge in [-0.2, -0.15) is 0 Å². The Morgan fingerprint density at radius 2 is 1.95 bits per heavy atom. The lowest BCUT2D eigenvalue weighted by atomic mass is 9.96. The summed E-state index contributed by atoms with van der Waals surface area (Å²) in [4.78, 5) is 32.2. The van der Waals surface area contributed by atoms with E-state index < -0.39 is 12.0 Å². The summed E-state index contributed by atoms with van der Waals surface area (Å²) in [6, 6.07) is 18.0. The predicted molar refractivity (Wildman–Crippen MR) is 150 cm³/mol. The monoisotopic (exact) mass is 542 g/mol. The van der Waals surface area contributed by atoms with Crippen molar-refractivity contribution in [3.05, 3.63) is 108 Å². The van der Waals surface area contributed by atoms with Crippen LogP contribution in [0.25, 0.3) is 16.8 Å².